The highest BCUT2D eigenvalue weighted by molar-refractivity contribution is 5.93. The molecule has 2 fully saturated rings. The van der Waals surface area contributed by atoms with Crippen molar-refractivity contribution in [1.29, 1.82) is 0 Å². The Balaban J connectivity index is 1.37. The zero-order valence-corrected chi connectivity index (χ0v) is 15.6. The maximum Gasteiger partial charge on any atom is 0.280 e. The predicted octanol–water partition coefficient (Wildman–Crippen LogP) is 2.30. The normalized spacial score (nSPS) is 17.3. The lowest BCUT2D eigenvalue weighted by atomic mass is 10.2. The first-order valence-corrected chi connectivity index (χ1v) is 9.60. The molecule has 2 aliphatic rings. The van der Waals surface area contributed by atoms with E-state index in [9.17, 15) is 13.6 Å². The van der Waals surface area contributed by atoms with Crippen LogP contribution in [0.3, 0.4) is 0 Å². The summed E-state index contributed by atoms with van der Waals surface area (Å²) in [5.41, 5.74) is 0.867. The van der Waals surface area contributed by atoms with E-state index in [1.165, 1.54) is 12.1 Å². The Morgan fingerprint density at radius 2 is 1.79 bits per heavy atom. The number of carbonyl (C=O) groups excluding carboxylic acids is 1. The molecule has 29 heavy (non-hydrogen) atoms. The summed E-state index contributed by atoms with van der Waals surface area (Å²) in [6.45, 7) is 2.14. The molecule has 0 radical (unpaired) electrons. The van der Waals surface area contributed by atoms with Crippen molar-refractivity contribution < 1.29 is 13.6 Å². The molecule has 1 saturated carbocycles. The van der Waals surface area contributed by atoms with Crippen molar-refractivity contribution in [2.24, 2.45) is 0 Å². The SMILES string of the molecule is O=C(c1cc2nc(C3CC3)cc(C(F)F)n2n1)N1CCN(c2ncccn2)CC1. The molecule has 1 saturated heterocycles. The summed E-state index contributed by atoms with van der Waals surface area (Å²) in [6, 6.07) is 4.67. The first-order valence-electron chi connectivity index (χ1n) is 9.60. The predicted molar refractivity (Wildman–Crippen MR) is 100 cm³/mol. The molecular formula is C19H19F2N7O. The molecule has 0 N–H and O–H groups in total. The van der Waals surface area contributed by atoms with Gasteiger partial charge in [-0.2, -0.15) is 5.10 Å². The van der Waals surface area contributed by atoms with E-state index < -0.39 is 6.43 Å². The molecule has 10 heteroatoms. The van der Waals surface area contributed by atoms with Crippen molar-refractivity contribution in [3.8, 4) is 0 Å². The number of nitrogens with zero attached hydrogens (tertiary/aromatic N) is 7. The molecule has 1 amide bonds. The number of rotatable bonds is 4. The van der Waals surface area contributed by atoms with Gasteiger partial charge in [0.2, 0.25) is 5.95 Å². The fraction of sp³-hybridized carbons (Fsp3) is 0.421. The largest absolute Gasteiger partial charge is 0.337 e. The number of carbonyl (C=O) groups is 1. The van der Waals surface area contributed by atoms with Gasteiger partial charge in [0.1, 0.15) is 5.69 Å². The van der Waals surface area contributed by atoms with Crippen LogP contribution >= 0.6 is 0 Å². The Morgan fingerprint density at radius 1 is 1.07 bits per heavy atom. The molecule has 3 aromatic rings. The van der Waals surface area contributed by atoms with Gasteiger partial charge >= 0.3 is 0 Å². The lowest BCUT2D eigenvalue weighted by molar-refractivity contribution is 0.0739. The molecule has 1 aliphatic heterocycles. The van der Waals surface area contributed by atoms with E-state index in [4.69, 9.17) is 0 Å². The van der Waals surface area contributed by atoms with Crippen LogP contribution in [0.25, 0.3) is 5.65 Å². The van der Waals surface area contributed by atoms with Crippen LogP contribution in [-0.2, 0) is 0 Å². The Hall–Kier alpha value is -3.17. The molecule has 3 aromatic heterocycles. The molecule has 0 spiro atoms. The van der Waals surface area contributed by atoms with Crippen LogP contribution in [0.2, 0.25) is 0 Å². The van der Waals surface area contributed by atoms with Gasteiger partial charge in [0.15, 0.2) is 11.3 Å². The minimum Gasteiger partial charge on any atom is -0.337 e. The van der Waals surface area contributed by atoms with E-state index >= 15 is 0 Å². The number of halogens is 2. The summed E-state index contributed by atoms with van der Waals surface area (Å²) in [4.78, 5) is 29.5. The van der Waals surface area contributed by atoms with Gasteiger partial charge in [-0.3, -0.25) is 4.79 Å². The number of aromatic nitrogens is 5. The minimum atomic E-state index is -2.68. The third kappa shape index (κ3) is 3.39. The van der Waals surface area contributed by atoms with E-state index in [1.807, 2.05) is 4.90 Å². The fourth-order valence-electron chi connectivity index (χ4n) is 3.59. The molecule has 0 unspecified atom stereocenters. The molecule has 0 aromatic carbocycles. The van der Waals surface area contributed by atoms with E-state index in [0.717, 1.165) is 17.4 Å². The molecule has 8 nitrogen and oxygen atoms in total. The summed E-state index contributed by atoms with van der Waals surface area (Å²) >= 11 is 0. The van der Waals surface area contributed by atoms with Gasteiger partial charge in [-0.05, 0) is 25.0 Å². The second-order valence-corrected chi connectivity index (χ2v) is 7.31. The monoisotopic (exact) mass is 399 g/mol. The van der Waals surface area contributed by atoms with Crippen LogP contribution in [0.15, 0.2) is 30.6 Å². The molecule has 0 bridgehead atoms. The number of hydrogen-bond donors (Lipinski definition) is 0. The highest BCUT2D eigenvalue weighted by atomic mass is 19.3. The third-order valence-corrected chi connectivity index (χ3v) is 5.31. The molecule has 5 rings (SSSR count). The van der Waals surface area contributed by atoms with Crippen molar-refractivity contribution in [2.75, 3.05) is 31.1 Å². The standard InChI is InChI=1S/C19H19F2N7O/c20-17(21)15-10-13(12-2-3-12)24-16-11-14(25-28(15)16)18(29)26-6-8-27(9-7-26)19-22-4-1-5-23-19/h1,4-5,10-12,17H,2-3,6-9H2. The number of amides is 1. The quantitative estimate of drug-likeness (QED) is 0.670. The summed E-state index contributed by atoms with van der Waals surface area (Å²) < 4.78 is 28.2. The average molecular weight is 399 g/mol. The average Bonchev–Trinajstić information content (AvgIpc) is 3.52. The van der Waals surface area contributed by atoms with Crippen LogP contribution < -0.4 is 4.90 Å². The number of fused-ring (bicyclic) bond motifs is 1. The maximum absolute atomic E-state index is 13.5. The third-order valence-electron chi connectivity index (χ3n) is 5.31. The topological polar surface area (TPSA) is 79.5 Å². The van der Waals surface area contributed by atoms with Crippen molar-refractivity contribution >= 4 is 17.5 Å². The van der Waals surface area contributed by atoms with Gasteiger partial charge in [-0.25, -0.2) is 28.2 Å². The number of anilines is 1. The van der Waals surface area contributed by atoms with Gasteiger partial charge < -0.3 is 9.80 Å². The summed E-state index contributed by atoms with van der Waals surface area (Å²) in [7, 11) is 0. The smallest absolute Gasteiger partial charge is 0.280 e. The second-order valence-electron chi connectivity index (χ2n) is 7.31. The second kappa shape index (κ2) is 7.02. The van der Waals surface area contributed by atoms with Crippen LogP contribution in [0.4, 0.5) is 14.7 Å². The zero-order valence-electron chi connectivity index (χ0n) is 15.6. The highest BCUT2D eigenvalue weighted by Crippen LogP contribution is 2.40. The van der Waals surface area contributed by atoms with Crippen LogP contribution in [0.5, 0.6) is 0 Å². The van der Waals surface area contributed by atoms with E-state index in [0.29, 0.717) is 43.5 Å². The Morgan fingerprint density at radius 3 is 2.45 bits per heavy atom. The van der Waals surface area contributed by atoms with Crippen molar-refractivity contribution in [3.05, 3.63) is 47.7 Å². The van der Waals surface area contributed by atoms with Crippen molar-refractivity contribution in [2.45, 2.75) is 25.2 Å². The van der Waals surface area contributed by atoms with Crippen LogP contribution in [-0.4, -0.2) is 61.6 Å². The van der Waals surface area contributed by atoms with E-state index in [-0.39, 0.29) is 23.2 Å². The fourth-order valence-corrected chi connectivity index (χ4v) is 3.59. The summed E-state index contributed by atoms with van der Waals surface area (Å²) in [6.07, 6.45) is 2.60. The van der Waals surface area contributed by atoms with Gasteiger partial charge in [0.05, 0.1) is 0 Å². The molecular weight excluding hydrogens is 380 g/mol. The first-order chi connectivity index (χ1) is 14.1. The van der Waals surface area contributed by atoms with Gasteiger partial charge in [-0.1, -0.05) is 0 Å². The maximum atomic E-state index is 13.5. The highest BCUT2D eigenvalue weighted by Gasteiger charge is 2.30. The molecule has 1 aliphatic carbocycles. The number of alkyl halides is 2. The van der Waals surface area contributed by atoms with Gasteiger partial charge in [-0.15, -0.1) is 0 Å². The zero-order chi connectivity index (χ0) is 20.0. The lowest BCUT2D eigenvalue weighted by Gasteiger charge is -2.34. The minimum absolute atomic E-state index is 0.136. The van der Waals surface area contributed by atoms with Crippen LogP contribution in [0, 0.1) is 0 Å². The number of hydrogen-bond acceptors (Lipinski definition) is 6. The van der Waals surface area contributed by atoms with Crippen molar-refractivity contribution in [1.82, 2.24) is 29.5 Å². The van der Waals surface area contributed by atoms with E-state index in [2.05, 4.69) is 20.1 Å². The Kier molecular flexibility index (Phi) is 4.33. The van der Waals surface area contributed by atoms with Gasteiger partial charge in [0, 0.05) is 56.3 Å². The summed E-state index contributed by atoms with van der Waals surface area (Å²) in [5, 5.41) is 4.15. The Bertz CT molecular complexity index is 1040. The summed E-state index contributed by atoms with van der Waals surface area (Å²) in [5.74, 6) is 0.586. The molecule has 0 atom stereocenters. The Labute approximate surface area is 165 Å². The first kappa shape index (κ1) is 17.9. The van der Waals surface area contributed by atoms with E-state index in [1.54, 1.807) is 23.4 Å². The molecule has 150 valence electrons. The van der Waals surface area contributed by atoms with Gasteiger partial charge in [0.25, 0.3) is 12.3 Å². The van der Waals surface area contributed by atoms with Crippen molar-refractivity contribution in [3.63, 3.8) is 0 Å². The van der Waals surface area contributed by atoms with Crippen LogP contribution in [0.1, 0.15) is 47.1 Å². The number of piperazine rings is 1. The molecule has 4 heterocycles. The lowest BCUT2D eigenvalue weighted by Crippen LogP contribution is -2.49.